The molecule has 0 bridgehead atoms. The first-order chi connectivity index (χ1) is 17.8. The highest BCUT2D eigenvalue weighted by Crippen LogP contribution is 2.36. The SMILES string of the molecule is C/C=C\c1cc(Oc2ncnc3cc(OCCCN4CCN(S(C)(=O)=O)CC4)c(OC)cc23)cnc1C. The fourth-order valence-corrected chi connectivity index (χ4v) is 5.02. The number of piperazine rings is 1. The Balaban J connectivity index is 1.41. The number of nitrogens with zero attached hydrogens (tertiary/aromatic N) is 5. The maximum absolute atomic E-state index is 11.7. The number of hydrogen-bond donors (Lipinski definition) is 0. The van der Waals surface area contributed by atoms with E-state index in [0.717, 1.165) is 37.3 Å². The van der Waals surface area contributed by atoms with Gasteiger partial charge in [-0.25, -0.2) is 18.4 Å². The van der Waals surface area contributed by atoms with Crippen LogP contribution in [0.4, 0.5) is 0 Å². The second kappa shape index (κ2) is 11.8. The van der Waals surface area contributed by atoms with Crippen LogP contribution in [0.25, 0.3) is 17.0 Å². The van der Waals surface area contributed by atoms with E-state index in [1.807, 2.05) is 44.2 Å². The van der Waals surface area contributed by atoms with Crippen molar-refractivity contribution in [2.75, 3.05) is 52.7 Å². The van der Waals surface area contributed by atoms with Crippen molar-refractivity contribution in [3.05, 3.63) is 48.1 Å². The molecule has 0 amide bonds. The van der Waals surface area contributed by atoms with Crippen molar-refractivity contribution in [2.24, 2.45) is 0 Å². The maximum Gasteiger partial charge on any atom is 0.230 e. The second-order valence-electron chi connectivity index (χ2n) is 8.85. The molecule has 198 valence electrons. The lowest BCUT2D eigenvalue weighted by Crippen LogP contribution is -2.48. The molecule has 0 saturated carbocycles. The normalized spacial score (nSPS) is 15.4. The van der Waals surface area contributed by atoms with E-state index in [4.69, 9.17) is 14.2 Å². The van der Waals surface area contributed by atoms with Crippen molar-refractivity contribution in [2.45, 2.75) is 20.3 Å². The van der Waals surface area contributed by atoms with Gasteiger partial charge < -0.3 is 19.1 Å². The van der Waals surface area contributed by atoms with Crippen molar-refractivity contribution in [1.29, 1.82) is 0 Å². The molecule has 1 fully saturated rings. The highest BCUT2D eigenvalue weighted by Gasteiger charge is 2.23. The molecule has 37 heavy (non-hydrogen) atoms. The Bertz CT molecular complexity index is 1370. The molecular weight excluding hydrogens is 494 g/mol. The number of pyridine rings is 1. The van der Waals surface area contributed by atoms with E-state index >= 15 is 0 Å². The molecule has 1 aromatic carbocycles. The quantitative estimate of drug-likeness (QED) is 0.366. The predicted molar refractivity (Wildman–Crippen MR) is 143 cm³/mol. The summed E-state index contributed by atoms with van der Waals surface area (Å²) in [4.78, 5) is 15.4. The molecule has 0 unspecified atom stereocenters. The molecule has 11 heteroatoms. The van der Waals surface area contributed by atoms with Crippen LogP contribution in [0.5, 0.6) is 23.1 Å². The lowest BCUT2D eigenvalue weighted by Gasteiger charge is -2.33. The van der Waals surface area contributed by atoms with Gasteiger partial charge in [-0.15, -0.1) is 0 Å². The highest BCUT2D eigenvalue weighted by molar-refractivity contribution is 7.88. The zero-order chi connectivity index (χ0) is 26.4. The summed E-state index contributed by atoms with van der Waals surface area (Å²) in [6.45, 7) is 7.72. The fourth-order valence-electron chi connectivity index (χ4n) is 4.19. The van der Waals surface area contributed by atoms with Gasteiger partial charge in [0.25, 0.3) is 0 Å². The Morgan fingerprint density at radius 2 is 1.84 bits per heavy atom. The third-order valence-electron chi connectivity index (χ3n) is 6.22. The first-order valence-electron chi connectivity index (χ1n) is 12.2. The summed E-state index contributed by atoms with van der Waals surface area (Å²) < 4.78 is 42.6. The van der Waals surface area contributed by atoms with Gasteiger partial charge in [-0.2, -0.15) is 4.31 Å². The molecule has 0 radical (unpaired) electrons. The van der Waals surface area contributed by atoms with Crippen LogP contribution < -0.4 is 14.2 Å². The molecular formula is C26H33N5O5S. The van der Waals surface area contributed by atoms with Crippen molar-refractivity contribution in [1.82, 2.24) is 24.2 Å². The van der Waals surface area contributed by atoms with E-state index in [1.165, 1.54) is 16.9 Å². The van der Waals surface area contributed by atoms with E-state index in [2.05, 4.69) is 19.9 Å². The van der Waals surface area contributed by atoms with Gasteiger partial charge in [0.2, 0.25) is 15.9 Å². The molecule has 0 aliphatic carbocycles. The minimum Gasteiger partial charge on any atom is -0.493 e. The highest BCUT2D eigenvalue weighted by atomic mass is 32.2. The molecule has 4 rings (SSSR count). The van der Waals surface area contributed by atoms with Gasteiger partial charge in [-0.1, -0.05) is 12.2 Å². The van der Waals surface area contributed by atoms with Gasteiger partial charge >= 0.3 is 0 Å². The minimum atomic E-state index is -3.12. The van der Waals surface area contributed by atoms with E-state index in [9.17, 15) is 8.42 Å². The van der Waals surface area contributed by atoms with Gasteiger partial charge in [-0.3, -0.25) is 4.98 Å². The van der Waals surface area contributed by atoms with E-state index in [0.29, 0.717) is 53.7 Å². The Labute approximate surface area is 217 Å². The first kappa shape index (κ1) is 26.8. The first-order valence-corrected chi connectivity index (χ1v) is 14.0. The third-order valence-corrected chi connectivity index (χ3v) is 7.53. The van der Waals surface area contributed by atoms with Crippen LogP contribution in [0.15, 0.2) is 36.8 Å². The number of sulfonamides is 1. The zero-order valence-corrected chi connectivity index (χ0v) is 22.5. The van der Waals surface area contributed by atoms with Crippen LogP contribution in [0.3, 0.4) is 0 Å². The van der Waals surface area contributed by atoms with Crippen LogP contribution in [0.2, 0.25) is 0 Å². The number of aryl methyl sites for hydroxylation is 1. The molecule has 0 N–H and O–H groups in total. The van der Waals surface area contributed by atoms with Gasteiger partial charge in [0.1, 0.15) is 12.1 Å². The Kier molecular flexibility index (Phi) is 8.57. The maximum atomic E-state index is 11.7. The number of aromatic nitrogens is 3. The molecule has 3 aromatic rings. The molecule has 1 saturated heterocycles. The molecule has 1 aliphatic rings. The number of fused-ring (bicyclic) bond motifs is 1. The summed E-state index contributed by atoms with van der Waals surface area (Å²) in [7, 11) is -1.53. The van der Waals surface area contributed by atoms with Crippen LogP contribution in [-0.4, -0.2) is 85.3 Å². The fraction of sp³-hybridized carbons (Fsp3) is 0.423. The van der Waals surface area contributed by atoms with Crippen molar-refractivity contribution >= 4 is 27.0 Å². The van der Waals surface area contributed by atoms with Crippen LogP contribution in [0, 0.1) is 6.92 Å². The van der Waals surface area contributed by atoms with Gasteiger partial charge in [0, 0.05) is 44.5 Å². The number of allylic oxidation sites excluding steroid dienone is 1. The molecule has 2 aromatic heterocycles. The summed E-state index contributed by atoms with van der Waals surface area (Å²) in [5, 5.41) is 0.698. The van der Waals surface area contributed by atoms with E-state index < -0.39 is 10.0 Å². The topological polar surface area (TPSA) is 107 Å². The molecule has 0 spiro atoms. The van der Waals surface area contributed by atoms with Gasteiger partial charge in [-0.05, 0) is 38.0 Å². The number of benzene rings is 1. The lowest BCUT2D eigenvalue weighted by molar-refractivity contribution is 0.174. The zero-order valence-electron chi connectivity index (χ0n) is 21.7. The van der Waals surface area contributed by atoms with Gasteiger partial charge in [0.05, 0.1) is 37.1 Å². The van der Waals surface area contributed by atoms with Gasteiger partial charge in [0.15, 0.2) is 11.5 Å². The Morgan fingerprint density at radius 3 is 2.54 bits per heavy atom. The van der Waals surface area contributed by atoms with Crippen LogP contribution in [-0.2, 0) is 10.0 Å². The van der Waals surface area contributed by atoms with Crippen molar-refractivity contribution < 1.29 is 22.6 Å². The summed E-state index contributed by atoms with van der Waals surface area (Å²) in [5.41, 5.74) is 2.56. The molecule has 3 heterocycles. The standard InChI is InChI=1S/C26H33N5O5S/c1-5-7-20-14-21(17-27-19(20)2)36-26-22-15-24(34-3)25(16-23(22)28-18-29-26)35-13-6-8-30-9-11-31(12-10-30)37(4,32)33/h5,7,14-18H,6,8-13H2,1-4H3/b7-5-. The molecule has 1 aliphatic heterocycles. The summed E-state index contributed by atoms with van der Waals surface area (Å²) in [5.74, 6) is 2.13. The van der Waals surface area contributed by atoms with E-state index in [-0.39, 0.29) is 0 Å². The molecule has 10 nitrogen and oxygen atoms in total. The van der Waals surface area contributed by atoms with Crippen molar-refractivity contribution in [3.63, 3.8) is 0 Å². The summed E-state index contributed by atoms with van der Waals surface area (Å²) in [6, 6.07) is 5.57. The monoisotopic (exact) mass is 527 g/mol. The Hall–Kier alpha value is -3.28. The molecule has 0 atom stereocenters. The summed E-state index contributed by atoms with van der Waals surface area (Å²) in [6.07, 6.45) is 9.13. The third kappa shape index (κ3) is 6.73. The van der Waals surface area contributed by atoms with Crippen LogP contribution in [0.1, 0.15) is 24.6 Å². The predicted octanol–water partition coefficient (Wildman–Crippen LogP) is 3.51. The summed E-state index contributed by atoms with van der Waals surface area (Å²) >= 11 is 0. The average molecular weight is 528 g/mol. The number of rotatable bonds is 10. The number of ether oxygens (including phenoxy) is 3. The second-order valence-corrected chi connectivity index (χ2v) is 10.8. The van der Waals surface area contributed by atoms with Crippen molar-refractivity contribution in [3.8, 4) is 23.1 Å². The van der Waals surface area contributed by atoms with Crippen LogP contribution >= 0.6 is 0 Å². The number of hydrogen-bond acceptors (Lipinski definition) is 9. The van der Waals surface area contributed by atoms with E-state index in [1.54, 1.807) is 13.3 Å². The Morgan fingerprint density at radius 1 is 1.05 bits per heavy atom. The lowest BCUT2D eigenvalue weighted by atomic mass is 10.2. The number of methoxy groups -OCH3 is 1. The largest absolute Gasteiger partial charge is 0.493 e. The average Bonchev–Trinajstić information content (AvgIpc) is 2.88. The smallest absolute Gasteiger partial charge is 0.230 e. The minimum absolute atomic E-state index is 0.403.